The first-order chi connectivity index (χ1) is 18.5. The third-order valence-electron chi connectivity index (χ3n) is 4.48. The number of nitrogens with one attached hydrogen (secondary N) is 1. The molecule has 0 radical (unpaired) electrons. The average Bonchev–Trinajstić information content (AvgIpc) is 2.85. The lowest BCUT2D eigenvalue weighted by molar-refractivity contribution is -0.139. The van der Waals surface area contributed by atoms with Gasteiger partial charge in [-0.15, -0.1) is 0 Å². The summed E-state index contributed by atoms with van der Waals surface area (Å²) < 4.78 is 45.6. The van der Waals surface area contributed by atoms with Crippen LogP contribution < -0.4 is 11.1 Å². The van der Waals surface area contributed by atoms with Crippen molar-refractivity contribution in [3.8, 4) is 0 Å². The van der Waals surface area contributed by atoms with Crippen LogP contribution in [0.1, 0.15) is 30.8 Å². The van der Waals surface area contributed by atoms with E-state index in [9.17, 15) is 19.2 Å². The quantitative estimate of drug-likeness (QED) is 0.258. The average molecular weight is 529 g/mol. The van der Waals surface area contributed by atoms with Crippen molar-refractivity contribution in [2.75, 3.05) is 33.4 Å². The van der Waals surface area contributed by atoms with Gasteiger partial charge in [-0.25, -0.2) is 19.2 Å². The first-order valence-electron chi connectivity index (χ1n) is 12.3. The lowest BCUT2D eigenvalue weighted by atomic mass is 9.80. The Balaban J connectivity index is 0.000000869. The van der Waals surface area contributed by atoms with Crippen LogP contribution in [-0.4, -0.2) is 67.5 Å². The monoisotopic (exact) mass is 528 g/mol. The van der Waals surface area contributed by atoms with E-state index in [2.05, 4.69) is 5.32 Å². The second-order valence-electron chi connectivity index (χ2n) is 6.77. The molecule has 1 heterocycles. The number of esters is 2. The SMILES string of the molecule is O=C(O)/C=C/C(=O)O.[2H]C([2H])(N)C([2H])([2H])OCC1=C(C(=O)OCC)C(c2ccccc2Cl)C(C(=O)OC)=C(C)N1. The lowest BCUT2D eigenvalue weighted by Gasteiger charge is -2.31. The normalized spacial score (nSPS) is 17.5. The summed E-state index contributed by atoms with van der Waals surface area (Å²) in [6.45, 7) is -3.02. The van der Waals surface area contributed by atoms with Gasteiger partial charge in [-0.2, -0.15) is 0 Å². The second kappa shape index (κ2) is 15.4. The summed E-state index contributed by atoms with van der Waals surface area (Å²) in [7, 11) is 1.20. The van der Waals surface area contributed by atoms with Gasteiger partial charge in [0.15, 0.2) is 0 Å². The van der Waals surface area contributed by atoms with Gasteiger partial charge in [0.25, 0.3) is 0 Å². The molecule has 12 heteroatoms. The predicted molar refractivity (Wildman–Crippen MR) is 130 cm³/mol. The summed E-state index contributed by atoms with van der Waals surface area (Å²) >= 11 is 6.40. The van der Waals surface area contributed by atoms with Crippen molar-refractivity contribution in [1.82, 2.24) is 5.32 Å². The lowest BCUT2D eigenvalue weighted by Crippen LogP contribution is -2.35. The van der Waals surface area contributed by atoms with E-state index in [1.807, 2.05) is 0 Å². The summed E-state index contributed by atoms with van der Waals surface area (Å²) in [6, 6.07) is 6.62. The number of methoxy groups -OCH3 is 1. The highest BCUT2D eigenvalue weighted by molar-refractivity contribution is 6.31. The number of hydrogen-bond donors (Lipinski definition) is 4. The summed E-state index contributed by atoms with van der Waals surface area (Å²) in [5.41, 5.74) is 6.13. The summed E-state index contributed by atoms with van der Waals surface area (Å²) in [5, 5.41) is 18.8. The number of halogens is 1. The van der Waals surface area contributed by atoms with Crippen LogP contribution in [0.5, 0.6) is 0 Å². The molecule has 1 aromatic carbocycles. The van der Waals surface area contributed by atoms with Crippen molar-refractivity contribution in [1.29, 1.82) is 0 Å². The Labute approximate surface area is 218 Å². The molecule has 5 N–H and O–H groups in total. The molecule has 0 saturated heterocycles. The highest BCUT2D eigenvalue weighted by Gasteiger charge is 2.39. The van der Waals surface area contributed by atoms with Crippen LogP contribution in [0, 0.1) is 0 Å². The third-order valence-corrected chi connectivity index (χ3v) is 4.82. The number of carboxylic acids is 2. The second-order valence-corrected chi connectivity index (χ2v) is 7.17. The Morgan fingerprint density at radius 3 is 2.25 bits per heavy atom. The first-order valence-corrected chi connectivity index (χ1v) is 10.6. The highest BCUT2D eigenvalue weighted by Crippen LogP contribution is 2.41. The Morgan fingerprint density at radius 2 is 1.75 bits per heavy atom. The minimum atomic E-state index is -2.87. The number of carbonyl (C=O) groups excluding carboxylic acids is 2. The van der Waals surface area contributed by atoms with E-state index in [0.717, 1.165) is 0 Å². The van der Waals surface area contributed by atoms with E-state index in [0.29, 0.717) is 23.4 Å². The maximum Gasteiger partial charge on any atom is 0.336 e. The van der Waals surface area contributed by atoms with E-state index in [1.165, 1.54) is 7.11 Å². The molecular formula is C24H29ClN2O9. The number of benzene rings is 1. The van der Waals surface area contributed by atoms with Crippen LogP contribution in [0.3, 0.4) is 0 Å². The standard InChI is InChI=1S/C20H25ClN2O5.C4H4O4/c1-4-28-20(25)18-15(11-27-10-9-22)23-12(2)16(19(24)26-3)17(18)13-7-5-6-8-14(13)21;5-3(6)1-2-4(7)8/h5-8,17,23H,4,9-11,22H2,1-3H3;1-2H,(H,5,6)(H,7,8)/b;2-1+/i9D2,10D2;. The van der Waals surface area contributed by atoms with Gasteiger partial charge < -0.3 is 35.5 Å². The van der Waals surface area contributed by atoms with Gasteiger partial charge in [0, 0.05) is 32.1 Å². The molecule has 0 aliphatic carbocycles. The number of hydrogen-bond acceptors (Lipinski definition) is 9. The van der Waals surface area contributed by atoms with E-state index in [1.54, 1.807) is 38.1 Å². The van der Waals surface area contributed by atoms with Gasteiger partial charge in [0.05, 0.1) is 52.4 Å². The zero-order valence-corrected chi connectivity index (χ0v) is 20.4. The molecule has 1 aliphatic rings. The molecule has 11 nitrogen and oxygen atoms in total. The van der Waals surface area contributed by atoms with Crippen LogP contribution in [-0.2, 0) is 33.4 Å². The van der Waals surface area contributed by atoms with E-state index in [4.69, 9.17) is 47.2 Å². The van der Waals surface area contributed by atoms with Gasteiger partial charge in [0.2, 0.25) is 0 Å². The van der Waals surface area contributed by atoms with Gasteiger partial charge in [-0.3, -0.25) is 0 Å². The van der Waals surface area contributed by atoms with Crippen molar-refractivity contribution >= 4 is 35.5 Å². The fourth-order valence-corrected chi connectivity index (χ4v) is 3.40. The van der Waals surface area contributed by atoms with Gasteiger partial charge in [0.1, 0.15) is 0 Å². The predicted octanol–water partition coefficient (Wildman–Crippen LogP) is 1.98. The number of rotatable bonds is 10. The van der Waals surface area contributed by atoms with Crippen molar-refractivity contribution in [3.63, 3.8) is 0 Å². The first kappa shape index (κ1) is 24.0. The van der Waals surface area contributed by atoms with Gasteiger partial charge >= 0.3 is 23.9 Å². The molecular weight excluding hydrogens is 496 g/mol. The van der Waals surface area contributed by atoms with Crippen LogP contribution in [0.25, 0.3) is 0 Å². The van der Waals surface area contributed by atoms with E-state index in [-0.39, 0.29) is 28.5 Å². The molecule has 1 unspecified atom stereocenters. The molecule has 196 valence electrons. The van der Waals surface area contributed by atoms with Crippen molar-refractivity contribution < 1.29 is 49.1 Å². The van der Waals surface area contributed by atoms with Crippen LogP contribution in [0.15, 0.2) is 59.0 Å². The topological polar surface area (TPSA) is 174 Å². The largest absolute Gasteiger partial charge is 0.478 e. The van der Waals surface area contributed by atoms with Crippen LogP contribution in [0.4, 0.5) is 0 Å². The van der Waals surface area contributed by atoms with Crippen molar-refractivity contribution in [2.24, 2.45) is 5.73 Å². The fourth-order valence-electron chi connectivity index (χ4n) is 3.15. The molecule has 0 saturated carbocycles. The fraction of sp³-hybridized carbons (Fsp3) is 0.333. The maximum absolute atomic E-state index is 13.0. The Hall–Kier alpha value is -3.67. The number of dihydropyridines is 1. The number of carbonyl (C=O) groups is 4. The Morgan fingerprint density at radius 1 is 1.14 bits per heavy atom. The number of carboxylic acid groups (broad SMARTS) is 2. The Bertz CT molecular complexity index is 1210. The zero-order valence-electron chi connectivity index (χ0n) is 23.7. The zero-order chi connectivity index (χ0) is 30.8. The molecule has 36 heavy (non-hydrogen) atoms. The number of nitrogens with two attached hydrogens (primary N) is 1. The van der Waals surface area contributed by atoms with Crippen LogP contribution in [0.2, 0.25) is 5.02 Å². The van der Waals surface area contributed by atoms with Crippen molar-refractivity contribution in [2.45, 2.75) is 19.8 Å². The summed E-state index contributed by atoms with van der Waals surface area (Å²) in [5.74, 6) is -5.00. The molecule has 0 aromatic heterocycles. The van der Waals surface area contributed by atoms with E-state index < -0.39 is 49.5 Å². The summed E-state index contributed by atoms with van der Waals surface area (Å²) in [6.07, 6.45) is 1.12. The minimum absolute atomic E-state index is 0.0359. The molecule has 0 spiro atoms. The van der Waals surface area contributed by atoms with E-state index >= 15 is 0 Å². The molecule has 1 aromatic rings. The van der Waals surface area contributed by atoms with Crippen molar-refractivity contribution in [3.05, 3.63) is 69.5 Å². The van der Waals surface area contributed by atoms with Gasteiger partial charge in [-0.05, 0) is 25.5 Å². The third kappa shape index (κ3) is 8.84. The molecule has 0 bridgehead atoms. The molecule has 1 atom stereocenters. The number of aliphatic carboxylic acids is 2. The number of ether oxygens (including phenoxy) is 3. The maximum atomic E-state index is 13.0. The highest BCUT2D eigenvalue weighted by atomic mass is 35.5. The molecule has 0 fully saturated rings. The minimum Gasteiger partial charge on any atom is -0.478 e. The number of allylic oxidation sites excluding steroid dienone is 1. The van der Waals surface area contributed by atoms with Crippen LogP contribution >= 0.6 is 11.6 Å². The summed E-state index contributed by atoms with van der Waals surface area (Å²) in [4.78, 5) is 44.8. The smallest absolute Gasteiger partial charge is 0.336 e. The molecule has 2 rings (SSSR count). The molecule has 1 aliphatic heterocycles. The Kier molecular flexibility index (Phi) is 10.3. The van der Waals surface area contributed by atoms with Gasteiger partial charge in [-0.1, -0.05) is 29.8 Å². The molecule has 0 amide bonds.